The summed E-state index contributed by atoms with van der Waals surface area (Å²) in [5.74, 6) is 0.952. The lowest BCUT2D eigenvalue weighted by Crippen LogP contribution is -2.73. The third-order valence-corrected chi connectivity index (χ3v) is 5.59. The number of hydrogen-bond donors (Lipinski definition) is 0. The molecule has 0 radical (unpaired) electrons. The van der Waals surface area contributed by atoms with Gasteiger partial charge in [-0.15, -0.1) is 0 Å². The number of amides is 1. The van der Waals surface area contributed by atoms with Gasteiger partial charge in [0.05, 0.1) is 13.3 Å². The summed E-state index contributed by atoms with van der Waals surface area (Å²) in [6.07, 6.45) is 5.45. The summed E-state index contributed by atoms with van der Waals surface area (Å²) >= 11 is 0. The van der Waals surface area contributed by atoms with Crippen molar-refractivity contribution in [2.75, 3.05) is 38.2 Å². The molecule has 2 aliphatic heterocycles. The van der Waals surface area contributed by atoms with Crippen molar-refractivity contribution in [3.63, 3.8) is 0 Å². The molecule has 0 bridgehead atoms. The fourth-order valence-electron chi connectivity index (χ4n) is 4.22. The highest BCUT2D eigenvalue weighted by molar-refractivity contribution is 6.00. The summed E-state index contributed by atoms with van der Waals surface area (Å²) in [4.78, 5) is 17.1. The minimum atomic E-state index is 0.0790. The van der Waals surface area contributed by atoms with Crippen LogP contribution in [0.15, 0.2) is 42.9 Å². The number of aromatic nitrogens is 3. The molecular weight excluding hydrogens is 330 g/mol. The van der Waals surface area contributed by atoms with Crippen LogP contribution in [0.25, 0.3) is 5.65 Å². The number of imidazole rings is 1. The van der Waals surface area contributed by atoms with E-state index in [2.05, 4.69) is 22.1 Å². The van der Waals surface area contributed by atoms with Crippen LogP contribution in [0.4, 0.5) is 5.69 Å². The van der Waals surface area contributed by atoms with E-state index in [1.54, 1.807) is 17.8 Å². The number of methoxy groups -OCH3 is 1. The van der Waals surface area contributed by atoms with Crippen LogP contribution in [0, 0.1) is 5.41 Å². The maximum atomic E-state index is 12.8. The average Bonchev–Trinajstić information content (AvgIpc) is 3.16. The van der Waals surface area contributed by atoms with Gasteiger partial charge in [-0.1, -0.05) is 0 Å². The molecule has 7 nitrogen and oxygen atoms in total. The summed E-state index contributed by atoms with van der Waals surface area (Å²) in [6.45, 7) is 3.63. The normalized spacial score (nSPS) is 18.1. The second-order valence-electron chi connectivity index (χ2n) is 7.45. The first kappa shape index (κ1) is 15.3. The molecule has 1 spiro atoms. The van der Waals surface area contributed by atoms with Crippen molar-refractivity contribution in [3.05, 3.63) is 48.4 Å². The van der Waals surface area contributed by atoms with Crippen LogP contribution in [0.1, 0.15) is 10.4 Å². The van der Waals surface area contributed by atoms with E-state index >= 15 is 0 Å². The molecule has 1 amide bonds. The Bertz CT molecular complexity index is 973. The molecular formula is C19H21N5O2. The SMILES string of the molecule is COc1ccc(N2CC3(CN(C(=O)c4cnn5ccn(C)c45)C3)C2)cc1. The number of aryl methyl sites for hydroxylation is 1. The topological polar surface area (TPSA) is 55.0 Å². The van der Waals surface area contributed by atoms with Crippen LogP contribution in [0.3, 0.4) is 0 Å². The molecule has 0 aliphatic carbocycles. The highest BCUT2D eigenvalue weighted by Gasteiger charge is 2.53. The number of anilines is 1. The molecule has 1 aromatic carbocycles. The van der Waals surface area contributed by atoms with E-state index < -0.39 is 0 Å². The van der Waals surface area contributed by atoms with E-state index in [9.17, 15) is 4.79 Å². The van der Waals surface area contributed by atoms with Crippen molar-refractivity contribution in [1.29, 1.82) is 0 Å². The third-order valence-electron chi connectivity index (χ3n) is 5.59. The third kappa shape index (κ3) is 2.13. The van der Waals surface area contributed by atoms with Crippen LogP contribution in [0.5, 0.6) is 5.75 Å². The standard InChI is InChI=1S/C19H21N5O2/c1-21-7-8-24-17(21)16(9-20-24)18(25)23-12-19(13-23)10-22(11-19)14-3-5-15(26-2)6-4-14/h3-9H,10-13H2,1-2H3. The molecule has 2 aliphatic rings. The number of nitrogens with zero attached hydrogens (tertiary/aromatic N) is 5. The highest BCUT2D eigenvalue weighted by atomic mass is 16.5. The lowest BCUT2D eigenvalue weighted by atomic mass is 9.72. The van der Waals surface area contributed by atoms with Gasteiger partial charge in [-0.2, -0.15) is 5.10 Å². The van der Waals surface area contributed by atoms with Gasteiger partial charge in [-0.25, -0.2) is 4.52 Å². The van der Waals surface area contributed by atoms with Crippen LogP contribution in [-0.4, -0.2) is 58.3 Å². The Morgan fingerprint density at radius 2 is 1.85 bits per heavy atom. The molecule has 26 heavy (non-hydrogen) atoms. The quantitative estimate of drug-likeness (QED) is 0.720. The van der Waals surface area contributed by atoms with Gasteiger partial charge in [0.2, 0.25) is 0 Å². The lowest BCUT2D eigenvalue weighted by Gasteiger charge is -2.60. The number of rotatable bonds is 3. The first-order chi connectivity index (χ1) is 12.6. The van der Waals surface area contributed by atoms with Gasteiger partial charge in [0, 0.05) is 56.7 Å². The molecule has 2 aromatic heterocycles. The maximum Gasteiger partial charge on any atom is 0.259 e. The van der Waals surface area contributed by atoms with Gasteiger partial charge in [0.25, 0.3) is 5.91 Å². The van der Waals surface area contributed by atoms with Crippen molar-refractivity contribution in [3.8, 4) is 5.75 Å². The van der Waals surface area contributed by atoms with Crippen LogP contribution in [-0.2, 0) is 7.05 Å². The maximum absolute atomic E-state index is 12.8. The van der Waals surface area contributed by atoms with Gasteiger partial charge < -0.3 is 19.1 Å². The lowest BCUT2D eigenvalue weighted by molar-refractivity contribution is -0.0103. The van der Waals surface area contributed by atoms with E-state index in [1.807, 2.05) is 41.0 Å². The number of carbonyl (C=O) groups is 1. The van der Waals surface area contributed by atoms with E-state index in [-0.39, 0.29) is 11.3 Å². The van der Waals surface area contributed by atoms with Gasteiger partial charge in [-0.05, 0) is 24.3 Å². The Kier molecular flexibility index (Phi) is 3.10. The minimum absolute atomic E-state index is 0.0790. The molecule has 5 rings (SSSR count). The van der Waals surface area contributed by atoms with Crippen molar-refractivity contribution >= 4 is 17.2 Å². The first-order valence-corrected chi connectivity index (χ1v) is 8.76. The number of hydrogen-bond acceptors (Lipinski definition) is 4. The summed E-state index contributed by atoms with van der Waals surface area (Å²) in [7, 11) is 3.61. The molecule has 134 valence electrons. The van der Waals surface area contributed by atoms with Gasteiger partial charge in [-0.3, -0.25) is 4.79 Å². The number of fused-ring (bicyclic) bond motifs is 1. The fraction of sp³-hybridized carbons (Fsp3) is 0.368. The zero-order valence-corrected chi connectivity index (χ0v) is 14.9. The molecule has 0 N–H and O–H groups in total. The molecule has 4 heterocycles. The van der Waals surface area contributed by atoms with Gasteiger partial charge in [0.1, 0.15) is 17.0 Å². The van der Waals surface area contributed by atoms with Gasteiger partial charge in [0.15, 0.2) is 0 Å². The summed E-state index contributed by atoms with van der Waals surface area (Å²) in [6, 6.07) is 8.16. The number of carbonyl (C=O) groups excluding carboxylic acids is 1. The minimum Gasteiger partial charge on any atom is -0.497 e. The number of likely N-dealkylation sites (tertiary alicyclic amines) is 1. The van der Waals surface area contributed by atoms with E-state index in [0.717, 1.165) is 37.6 Å². The zero-order chi connectivity index (χ0) is 17.9. The van der Waals surface area contributed by atoms with Crippen molar-refractivity contribution in [2.24, 2.45) is 12.5 Å². The Balaban J connectivity index is 1.24. The Morgan fingerprint density at radius 3 is 2.54 bits per heavy atom. The Hall–Kier alpha value is -2.96. The predicted molar refractivity (Wildman–Crippen MR) is 97.7 cm³/mol. The molecule has 2 fully saturated rings. The molecule has 7 heteroatoms. The second kappa shape index (κ2) is 5.27. The van der Waals surface area contributed by atoms with Crippen LogP contribution in [0.2, 0.25) is 0 Å². The second-order valence-corrected chi connectivity index (χ2v) is 7.45. The zero-order valence-electron chi connectivity index (χ0n) is 14.9. The fourth-order valence-corrected chi connectivity index (χ4v) is 4.22. The van der Waals surface area contributed by atoms with Gasteiger partial charge >= 0.3 is 0 Å². The number of benzene rings is 1. The van der Waals surface area contributed by atoms with E-state index in [1.165, 1.54) is 5.69 Å². The molecule has 3 aromatic rings. The van der Waals surface area contributed by atoms with Crippen LogP contribution < -0.4 is 9.64 Å². The first-order valence-electron chi connectivity index (χ1n) is 8.76. The summed E-state index contributed by atoms with van der Waals surface area (Å²) in [5, 5.41) is 4.27. The van der Waals surface area contributed by atoms with Crippen molar-refractivity contribution in [2.45, 2.75) is 0 Å². The Labute approximate surface area is 151 Å². The van der Waals surface area contributed by atoms with E-state index in [0.29, 0.717) is 5.56 Å². The van der Waals surface area contributed by atoms with Crippen LogP contribution >= 0.6 is 0 Å². The number of ether oxygens (including phenoxy) is 1. The van der Waals surface area contributed by atoms with E-state index in [4.69, 9.17) is 4.74 Å². The summed E-state index contributed by atoms with van der Waals surface area (Å²) < 4.78 is 8.89. The average molecular weight is 351 g/mol. The van der Waals surface area contributed by atoms with Crippen molar-refractivity contribution < 1.29 is 9.53 Å². The predicted octanol–water partition coefficient (Wildman–Crippen LogP) is 1.64. The monoisotopic (exact) mass is 351 g/mol. The smallest absolute Gasteiger partial charge is 0.259 e. The van der Waals surface area contributed by atoms with Crippen molar-refractivity contribution in [1.82, 2.24) is 19.1 Å². The molecule has 0 atom stereocenters. The molecule has 0 unspecified atom stereocenters. The summed E-state index contributed by atoms with van der Waals surface area (Å²) in [5.41, 5.74) is 2.99. The molecule has 2 saturated heterocycles. The largest absolute Gasteiger partial charge is 0.497 e. The Morgan fingerprint density at radius 1 is 1.12 bits per heavy atom. The highest BCUT2D eigenvalue weighted by Crippen LogP contribution is 2.42. The molecule has 0 saturated carbocycles.